The third-order valence-corrected chi connectivity index (χ3v) is 3.37. The van der Waals surface area contributed by atoms with Crippen LogP contribution in [-0.4, -0.2) is 43.4 Å². The number of amides is 1. The summed E-state index contributed by atoms with van der Waals surface area (Å²) in [6.07, 6.45) is -4.70. The van der Waals surface area contributed by atoms with Crippen LogP contribution in [-0.2, 0) is 12.7 Å². The van der Waals surface area contributed by atoms with Gasteiger partial charge in [0.05, 0.1) is 5.60 Å². The fourth-order valence-electron chi connectivity index (χ4n) is 2.28. The van der Waals surface area contributed by atoms with Gasteiger partial charge in [0.2, 0.25) is 0 Å². The number of alkyl halides is 3. The Balaban J connectivity index is 2.31. The minimum atomic E-state index is -4.70. The maximum absolute atomic E-state index is 13.9. The van der Waals surface area contributed by atoms with Crippen molar-refractivity contribution >= 4 is 5.91 Å². The first kappa shape index (κ1) is 19.7. The van der Waals surface area contributed by atoms with Crippen LogP contribution < -0.4 is 0 Å². The fourth-order valence-corrected chi connectivity index (χ4v) is 2.28. The van der Waals surface area contributed by atoms with Crippen molar-refractivity contribution in [1.29, 1.82) is 0 Å². The van der Waals surface area contributed by atoms with Gasteiger partial charge in [-0.1, -0.05) is 6.07 Å². The number of carbonyl (C=O) groups excluding carboxylic acids is 1. The van der Waals surface area contributed by atoms with E-state index < -0.39 is 34.9 Å². The number of aromatic amines is 1. The Morgan fingerprint density at radius 3 is 2.42 bits per heavy atom. The minimum Gasteiger partial charge on any atom is -0.508 e. The molecule has 142 valence electrons. The van der Waals surface area contributed by atoms with E-state index in [4.69, 9.17) is 0 Å². The summed E-state index contributed by atoms with van der Waals surface area (Å²) >= 11 is 0. The molecule has 0 saturated carbocycles. The molecule has 3 N–H and O–H groups in total. The highest BCUT2D eigenvalue weighted by Crippen LogP contribution is 2.28. The Hall–Kier alpha value is -2.62. The molecule has 0 radical (unpaired) electrons. The summed E-state index contributed by atoms with van der Waals surface area (Å²) in [4.78, 5) is 13.5. The first-order valence-electron chi connectivity index (χ1n) is 7.48. The molecule has 2 rings (SSSR count). The van der Waals surface area contributed by atoms with Gasteiger partial charge in [0.25, 0.3) is 5.91 Å². The van der Waals surface area contributed by atoms with E-state index in [9.17, 15) is 32.6 Å². The molecule has 1 aromatic heterocycles. The van der Waals surface area contributed by atoms with Crippen molar-refractivity contribution in [2.75, 3.05) is 6.54 Å². The van der Waals surface area contributed by atoms with Crippen molar-refractivity contribution in [2.45, 2.75) is 32.2 Å². The molecule has 10 heteroatoms. The number of aromatic hydroxyl groups is 1. The molecule has 0 atom stereocenters. The van der Waals surface area contributed by atoms with E-state index in [1.165, 1.54) is 26.0 Å². The number of hydrogen-bond donors (Lipinski definition) is 3. The van der Waals surface area contributed by atoms with Gasteiger partial charge in [0.1, 0.15) is 17.3 Å². The minimum absolute atomic E-state index is 0.0204. The Morgan fingerprint density at radius 2 is 1.92 bits per heavy atom. The molecule has 1 aromatic carbocycles. The Bertz CT molecular complexity index is 797. The number of aromatic nitrogens is 2. The van der Waals surface area contributed by atoms with Crippen LogP contribution in [0, 0.1) is 5.82 Å². The lowest BCUT2D eigenvalue weighted by molar-refractivity contribution is -0.141. The maximum atomic E-state index is 13.9. The van der Waals surface area contributed by atoms with Crippen LogP contribution in [0.5, 0.6) is 5.75 Å². The summed E-state index contributed by atoms with van der Waals surface area (Å²) in [5.41, 5.74) is -3.07. The van der Waals surface area contributed by atoms with E-state index in [2.05, 4.69) is 5.10 Å². The van der Waals surface area contributed by atoms with E-state index >= 15 is 0 Å². The van der Waals surface area contributed by atoms with Crippen LogP contribution in [0.1, 0.15) is 35.6 Å². The fraction of sp³-hybridized carbons (Fsp3) is 0.375. The number of carbonyl (C=O) groups is 1. The first-order valence-corrected chi connectivity index (χ1v) is 7.48. The molecule has 0 aliphatic carbocycles. The second kappa shape index (κ2) is 6.94. The average Bonchev–Trinajstić information content (AvgIpc) is 2.97. The van der Waals surface area contributed by atoms with E-state index in [-0.39, 0.29) is 24.4 Å². The molecule has 0 spiro atoms. The standard InChI is InChI=1S/C16H17F4N3O3/c1-15(2,26)8-23(7-9-3-4-10(24)5-11(9)17)14(25)12-6-13(22-21-12)16(18,19)20/h3-6,24,26H,7-8H2,1-2H3,(H,21,22). The number of phenolic OH excluding ortho intramolecular Hbond substituents is 1. The molecule has 26 heavy (non-hydrogen) atoms. The van der Waals surface area contributed by atoms with E-state index in [0.29, 0.717) is 6.07 Å². The quantitative estimate of drug-likeness (QED) is 0.701. The number of benzene rings is 1. The first-order chi connectivity index (χ1) is 11.9. The van der Waals surface area contributed by atoms with Gasteiger partial charge in [-0.15, -0.1) is 0 Å². The second-order valence-electron chi connectivity index (χ2n) is 6.41. The summed E-state index contributed by atoms with van der Waals surface area (Å²) in [6, 6.07) is 3.84. The van der Waals surface area contributed by atoms with Crippen LogP contribution in [0.3, 0.4) is 0 Å². The molecule has 6 nitrogen and oxygen atoms in total. The number of nitrogens with one attached hydrogen (secondary N) is 1. The van der Waals surface area contributed by atoms with Gasteiger partial charge in [-0.3, -0.25) is 9.89 Å². The number of rotatable bonds is 5. The molecule has 0 unspecified atom stereocenters. The number of nitrogens with zero attached hydrogens (tertiary/aromatic N) is 2. The molecule has 0 saturated heterocycles. The van der Waals surface area contributed by atoms with Gasteiger partial charge in [0, 0.05) is 30.8 Å². The van der Waals surface area contributed by atoms with Crippen molar-refractivity contribution in [1.82, 2.24) is 15.1 Å². The van der Waals surface area contributed by atoms with E-state index in [1.807, 2.05) is 0 Å². The summed E-state index contributed by atoms with van der Waals surface area (Å²) in [5, 5.41) is 24.3. The highest BCUT2D eigenvalue weighted by molar-refractivity contribution is 5.92. The maximum Gasteiger partial charge on any atom is 0.432 e. The predicted molar refractivity (Wildman–Crippen MR) is 82.7 cm³/mol. The third kappa shape index (κ3) is 4.94. The topological polar surface area (TPSA) is 89.5 Å². The van der Waals surface area contributed by atoms with Crippen LogP contribution in [0.25, 0.3) is 0 Å². The van der Waals surface area contributed by atoms with Crippen LogP contribution in [0.15, 0.2) is 24.3 Å². The number of H-pyrrole nitrogens is 1. The largest absolute Gasteiger partial charge is 0.508 e. The molecule has 2 aromatic rings. The second-order valence-corrected chi connectivity index (χ2v) is 6.41. The van der Waals surface area contributed by atoms with Crippen molar-refractivity contribution in [3.63, 3.8) is 0 Å². The Morgan fingerprint density at radius 1 is 1.27 bits per heavy atom. The number of phenols is 1. The van der Waals surface area contributed by atoms with Gasteiger partial charge < -0.3 is 15.1 Å². The van der Waals surface area contributed by atoms with Gasteiger partial charge in [-0.2, -0.15) is 18.3 Å². The highest BCUT2D eigenvalue weighted by Gasteiger charge is 2.35. The van der Waals surface area contributed by atoms with Crippen LogP contribution in [0.2, 0.25) is 0 Å². The zero-order chi connectivity index (χ0) is 19.7. The molecular weight excluding hydrogens is 358 g/mol. The number of halogens is 4. The van der Waals surface area contributed by atoms with Crippen LogP contribution in [0.4, 0.5) is 17.6 Å². The summed E-state index contributed by atoms with van der Waals surface area (Å²) < 4.78 is 51.9. The molecule has 0 aliphatic heterocycles. The van der Waals surface area contributed by atoms with Gasteiger partial charge in [-0.05, 0) is 19.9 Å². The Labute approximate surface area is 146 Å². The molecule has 1 amide bonds. The molecule has 0 fully saturated rings. The summed E-state index contributed by atoms with van der Waals surface area (Å²) in [6.45, 7) is 2.18. The lowest BCUT2D eigenvalue weighted by atomic mass is 10.1. The lowest BCUT2D eigenvalue weighted by Crippen LogP contribution is -2.42. The zero-order valence-electron chi connectivity index (χ0n) is 13.9. The third-order valence-electron chi connectivity index (χ3n) is 3.37. The van der Waals surface area contributed by atoms with Crippen LogP contribution >= 0.6 is 0 Å². The summed E-state index contributed by atoms with van der Waals surface area (Å²) in [5.74, 6) is -2.02. The molecule has 0 aliphatic rings. The zero-order valence-corrected chi connectivity index (χ0v) is 13.9. The van der Waals surface area contributed by atoms with Crippen molar-refractivity contribution in [2.24, 2.45) is 0 Å². The van der Waals surface area contributed by atoms with Gasteiger partial charge in [0.15, 0.2) is 5.69 Å². The lowest BCUT2D eigenvalue weighted by Gasteiger charge is -2.28. The molecular formula is C16H17F4N3O3. The summed E-state index contributed by atoms with van der Waals surface area (Å²) in [7, 11) is 0. The average molecular weight is 375 g/mol. The highest BCUT2D eigenvalue weighted by atomic mass is 19.4. The van der Waals surface area contributed by atoms with E-state index in [1.54, 1.807) is 5.10 Å². The molecule has 1 heterocycles. The monoisotopic (exact) mass is 375 g/mol. The number of aliphatic hydroxyl groups is 1. The van der Waals surface area contributed by atoms with Gasteiger partial charge >= 0.3 is 6.18 Å². The molecule has 0 bridgehead atoms. The number of hydrogen-bond acceptors (Lipinski definition) is 4. The van der Waals surface area contributed by atoms with Gasteiger partial charge in [-0.25, -0.2) is 4.39 Å². The Kier molecular flexibility index (Phi) is 5.26. The van der Waals surface area contributed by atoms with Crippen molar-refractivity contribution < 1.29 is 32.6 Å². The predicted octanol–water partition coefficient (Wildman–Crippen LogP) is 2.69. The SMILES string of the molecule is CC(C)(O)CN(Cc1ccc(O)cc1F)C(=O)c1cc(C(F)(F)F)[nH]n1. The van der Waals surface area contributed by atoms with E-state index in [0.717, 1.165) is 11.0 Å². The van der Waals surface area contributed by atoms with Crippen molar-refractivity contribution in [3.05, 3.63) is 47.0 Å². The normalized spacial score (nSPS) is 12.3. The smallest absolute Gasteiger partial charge is 0.432 e. The van der Waals surface area contributed by atoms with Crippen molar-refractivity contribution in [3.8, 4) is 5.75 Å².